The van der Waals surface area contributed by atoms with Gasteiger partial charge in [0.1, 0.15) is 5.56 Å². The summed E-state index contributed by atoms with van der Waals surface area (Å²) in [5.74, 6) is 0.488. The van der Waals surface area contributed by atoms with Crippen LogP contribution in [-0.4, -0.2) is 76.0 Å². The highest BCUT2D eigenvalue weighted by Crippen LogP contribution is 2.34. The minimum Gasteiger partial charge on any atom is -0.395 e. The molecule has 1 aliphatic heterocycles. The molecule has 10 nitrogen and oxygen atoms in total. The lowest BCUT2D eigenvalue weighted by molar-refractivity contribution is 0.0965. The molecule has 1 aromatic carbocycles. The Labute approximate surface area is 191 Å². The first-order chi connectivity index (χ1) is 16.0. The number of piperazine rings is 1. The molecule has 3 aromatic heterocycles. The zero-order valence-electron chi connectivity index (χ0n) is 19.0. The quantitative estimate of drug-likeness (QED) is 0.362. The van der Waals surface area contributed by atoms with E-state index >= 15 is 0 Å². The molecule has 4 heterocycles. The van der Waals surface area contributed by atoms with Crippen molar-refractivity contribution >= 4 is 45.1 Å². The molecule has 1 fully saturated rings. The van der Waals surface area contributed by atoms with E-state index in [1.165, 1.54) is 0 Å². The fourth-order valence-corrected chi connectivity index (χ4v) is 4.75. The van der Waals surface area contributed by atoms with Crippen molar-refractivity contribution in [2.24, 2.45) is 0 Å². The van der Waals surface area contributed by atoms with Gasteiger partial charge in [0, 0.05) is 44.2 Å². The van der Waals surface area contributed by atoms with Gasteiger partial charge in [-0.2, -0.15) is 0 Å². The number of aromatic nitrogens is 4. The van der Waals surface area contributed by atoms with Gasteiger partial charge >= 0.3 is 0 Å². The van der Waals surface area contributed by atoms with E-state index in [0.717, 1.165) is 35.3 Å². The van der Waals surface area contributed by atoms with E-state index in [4.69, 9.17) is 4.98 Å². The highest BCUT2D eigenvalue weighted by Gasteiger charge is 2.26. The fourth-order valence-electron chi connectivity index (χ4n) is 4.75. The van der Waals surface area contributed by atoms with Crippen molar-refractivity contribution in [1.29, 1.82) is 0 Å². The number of imidazole rings is 1. The summed E-state index contributed by atoms with van der Waals surface area (Å²) >= 11 is 0. The summed E-state index contributed by atoms with van der Waals surface area (Å²) in [5.41, 5.74) is 3.72. The SMILES string of the molecule is CNC(=O)c1c(NCCO)c2cc(N3C[C@@H](C)N[C@@H](C)C3)nnc2n2c1nc1ccccc12. The highest BCUT2D eigenvalue weighted by atomic mass is 16.3. The molecule has 33 heavy (non-hydrogen) atoms. The fraction of sp³-hybridized carbons (Fsp3) is 0.391. The number of pyridine rings is 1. The molecule has 0 aliphatic carbocycles. The lowest BCUT2D eigenvalue weighted by Crippen LogP contribution is -2.54. The van der Waals surface area contributed by atoms with Crippen molar-refractivity contribution in [2.45, 2.75) is 25.9 Å². The largest absolute Gasteiger partial charge is 0.395 e. The van der Waals surface area contributed by atoms with Crippen LogP contribution in [0.25, 0.3) is 27.7 Å². The van der Waals surface area contributed by atoms with Gasteiger partial charge in [0.15, 0.2) is 17.1 Å². The Morgan fingerprint density at radius 3 is 2.67 bits per heavy atom. The number of carbonyl (C=O) groups excluding carboxylic acids is 1. The molecule has 1 aliphatic rings. The van der Waals surface area contributed by atoms with Gasteiger partial charge in [-0.15, -0.1) is 10.2 Å². The van der Waals surface area contributed by atoms with E-state index in [9.17, 15) is 9.90 Å². The number of carbonyl (C=O) groups is 1. The van der Waals surface area contributed by atoms with E-state index < -0.39 is 0 Å². The van der Waals surface area contributed by atoms with Gasteiger partial charge in [0.05, 0.1) is 23.3 Å². The molecule has 2 atom stereocenters. The van der Waals surface area contributed by atoms with Gasteiger partial charge in [-0.1, -0.05) is 12.1 Å². The van der Waals surface area contributed by atoms with Crippen LogP contribution in [0.4, 0.5) is 11.5 Å². The van der Waals surface area contributed by atoms with Crippen LogP contribution in [0.15, 0.2) is 30.3 Å². The van der Waals surface area contributed by atoms with Crippen molar-refractivity contribution in [3.8, 4) is 0 Å². The first-order valence-corrected chi connectivity index (χ1v) is 11.2. The number of anilines is 2. The van der Waals surface area contributed by atoms with E-state index in [-0.39, 0.29) is 19.1 Å². The van der Waals surface area contributed by atoms with Crippen molar-refractivity contribution in [3.05, 3.63) is 35.9 Å². The number of para-hydroxylation sites is 2. The zero-order valence-corrected chi connectivity index (χ0v) is 19.0. The zero-order chi connectivity index (χ0) is 23.1. The Hall–Kier alpha value is -3.50. The summed E-state index contributed by atoms with van der Waals surface area (Å²) in [7, 11) is 1.60. The molecule has 5 rings (SSSR count). The summed E-state index contributed by atoms with van der Waals surface area (Å²) in [6, 6.07) is 10.3. The molecule has 0 spiro atoms. The summed E-state index contributed by atoms with van der Waals surface area (Å²) in [6.45, 7) is 6.13. The highest BCUT2D eigenvalue weighted by molar-refractivity contribution is 6.13. The number of hydrogen-bond donors (Lipinski definition) is 4. The van der Waals surface area contributed by atoms with E-state index in [1.807, 2.05) is 34.7 Å². The van der Waals surface area contributed by atoms with Crippen molar-refractivity contribution in [2.75, 3.05) is 43.5 Å². The Bertz CT molecular complexity index is 1340. The molecule has 0 bridgehead atoms. The lowest BCUT2D eigenvalue weighted by Gasteiger charge is -2.36. The molecular weight excluding hydrogens is 420 g/mol. The summed E-state index contributed by atoms with van der Waals surface area (Å²) in [6.07, 6.45) is 0. The molecule has 0 unspecified atom stereocenters. The Morgan fingerprint density at radius 2 is 1.94 bits per heavy atom. The number of aliphatic hydroxyl groups excluding tert-OH is 1. The van der Waals surface area contributed by atoms with Gasteiger partial charge in [0.2, 0.25) is 0 Å². The summed E-state index contributed by atoms with van der Waals surface area (Å²) < 4.78 is 1.89. The second-order valence-corrected chi connectivity index (χ2v) is 8.55. The van der Waals surface area contributed by atoms with Gasteiger partial charge in [0.25, 0.3) is 5.91 Å². The maximum atomic E-state index is 13.1. The smallest absolute Gasteiger partial charge is 0.256 e. The second kappa shape index (κ2) is 8.45. The Balaban J connectivity index is 1.83. The van der Waals surface area contributed by atoms with Crippen LogP contribution in [0.5, 0.6) is 0 Å². The first kappa shape index (κ1) is 21.4. The first-order valence-electron chi connectivity index (χ1n) is 11.2. The van der Waals surface area contributed by atoms with Gasteiger partial charge < -0.3 is 26.0 Å². The van der Waals surface area contributed by atoms with Crippen LogP contribution in [0.1, 0.15) is 24.2 Å². The normalized spacial score (nSPS) is 18.8. The van der Waals surface area contributed by atoms with Crippen LogP contribution in [-0.2, 0) is 0 Å². The van der Waals surface area contributed by atoms with Crippen LogP contribution in [0.3, 0.4) is 0 Å². The molecular formula is C23H28N8O2. The molecule has 10 heteroatoms. The summed E-state index contributed by atoms with van der Waals surface area (Å²) in [5, 5.41) is 29.0. The minimum atomic E-state index is -0.263. The number of amides is 1. The number of nitrogens with zero attached hydrogens (tertiary/aromatic N) is 5. The van der Waals surface area contributed by atoms with Crippen molar-refractivity contribution < 1.29 is 9.90 Å². The predicted molar refractivity (Wildman–Crippen MR) is 129 cm³/mol. The second-order valence-electron chi connectivity index (χ2n) is 8.55. The average molecular weight is 449 g/mol. The lowest BCUT2D eigenvalue weighted by atomic mass is 10.1. The number of rotatable bonds is 5. The number of benzene rings is 1. The topological polar surface area (TPSA) is 120 Å². The standard InChI is InChI=1S/C23H28N8O2/c1-13-11-30(12-14(2)26-13)18-10-15-20(25-8-9-32)19(23(33)24-3)22-27-16-6-4-5-7-17(16)31(22)21(15)29-28-18/h4-7,10,13-14,25-26,32H,8-9,11-12H2,1-3H3,(H,24,33)/t13-,14+. The maximum Gasteiger partial charge on any atom is 0.256 e. The third kappa shape index (κ3) is 3.61. The van der Waals surface area contributed by atoms with Crippen LogP contribution in [0.2, 0.25) is 0 Å². The Morgan fingerprint density at radius 1 is 1.18 bits per heavy atom. The van der Waals surface area contributed by atoms with Crippen LogP contribution >= 0.6 is 0 Å². The monoisotopic (exact) mass is 448 g/mol. The average Bonchev–Trinajstić information content (AvgIpc) is 3.20. The van der Waals surface area contributed by atoms with Crippen molar-refractivity contribution in [3.63, 3.8) is 0 Å². The van der Waals surface area contributed by atoms with Gasteiger partial charge in [-0.3, -0.25) is 9.20 Å². The molecule has 0 radical (unpaired) electrons. The molecule has 172 valence electrons. The van der Waals surface area contributed by atoms with Gasteiger partial charge in [-0.25, -0.2) is 4.98 Å². The molecule has 1 saturated heterocycles. The number of hydrogen-bond acceptors (Lipinski definition) is 8. The van der Waals surface area contributed by atoms with E-state index in [0.29, 0.717) is 34.6 Å². The number of nitrogens with one attached hydrogen (secondary N) is 3. The molecule has 1 amide bonds. The number of aliphatic hydroxyl groups is 1. The Kier molecular flexibility index (Phi) is 5.47. The third-order valence-electron chi connectivity index (χ3n) is 6.03. The number of fused-ring (bicyclic) bond motifs is 5. The van der Waals surface area contributed by atoms with Gasteiger partial charge in [-0.05, 0) is 32.0 Å². The van der Waals surface area contributed by atoms with Crippen molar-refractivity contribution in [1.82, 2.24) is 30.2 Å². The summed E-state index contributed by atoms with van der Waals surface area (Å²) in [4.78, 5) is 20.0. The van der Waals surface area contributed by atoms with Crippen LogP contribution < -0.4 is 20.9 Å². The van der Waals surface area contributed by atoms with E-state index in [1.54, 1.807) is 7.05 Å². The van der Waals surface area contributed by atoms with E-state index in [2.05, 4.69) is 44.9 Å². The molecule has 0 saturated carbocycles. The minimum absolute atomic E-state index is 0.0749. The third-order valence-corrected chi connectivity index (χ3v) is 6.03. The molecule has 4 N–H and O–H groups in total. The predicted octanol–water partition coefficient (Wildman–Crippen LogP) is 1.38. The molecule has 4 aromatic rings. The maximum absolute atomic E-state index is 13.1. The van der Waals surface area contributed by atoms with Crippen LogP contribution in [0, 0.1) is 0 Å².